The van der Waals surface area contributed by atoms with Crippen LogP contribution >= 0.6 is 0 Å². The molecule has 0 fully saturated rings. The summed E-state index contributed by atoms with van der Waals surface area (Å²) in [5.41, 5.74) is 5.58. The number of hydrogen-bond acceptors (Lipinski definition) is 2. The molecule has 2 heteroatoms. The first-order chi connectivity index (χ1) is 5.99. The van der Waals surface area contributed by atoms with E-state index in [4.69, 9.17) is 5.73 Å². The van der Waals surface area contributed by atoms with E-state index in [-0.39, 0.29) is 0 Å². The predicted molar refractivity (Wildman–Crippen MR) is 59.8 cm³/mol. The first-order valence-electron chi connectivity index (χ1n) is 5.35. The van der Waals surface area contributed by atoms with Crippen LogP contribution in [-0.2, 0) is 0 Å². The molecule has 0 aromatic rings. The van der Waals surface area contributed by atoms with Gasteiger partial charge in [-0.1, -0.05) is 20.8 Å². The summed E-state index contributed by atoms with van der Waals surface area (Å²) < 4.78 is 0. The maximum absolute atomic E-state index is 5.58. The predicted octanol–water partition coefficient (Wildman–Crippen LogP) is 1.95. The molecule has 2 N–H and O–H groups in total. The fourth-order valence-electron chi connectivity index (χ4n) is 1.89. The van der Waals surface area contributed by atoms with Crippen LogP contribution in [0.3, 0.4) is 0 Å². The number of nitrogens with two attached hydrogens (primary N) is 1. The van der Waals surface area contributed by atoms with Crippen molar-refractivity contribution in [2.24, 2.45) is 17.6 Å². The second-order valence-electron chi connectivity index (χ2n) is 4.72. The van der Waals surface area contributed by atoms with E-state index in [9.17, 15) is 0 Å². The van der Waals surface area contributed by atoms with Gasteiger partial charge in [-0.2, -0.15) is 0 Å². The Bertz CT molecular complexity index is 121. The van der Waals surface area contributed by atoms with Gasteiger partial charge in [0.05, 0.1) is 0 Å². The Kier molecular flexibility index (Phi) is 6.35. The van der Waals surface area contributed by atoms with E-state index in [2.05, 4.69) is 39.8 Å². The van der Waals surface area contributed by atoms with Crippen LogP contribution in [-0.4, -0.2) is 31.6 Å². The molecule has 13 heavy (non-hydrogen) atoms. The van der Waals surface area contributed by atoms with Crippen molar-refractivity contribution in [2.45, 2.75) is 39.7 Å². The minimum absolute atomic E-state index is 0.684. The van der Waals surface area contributed by atoms with Crippen LogP contribution in [0.25, 0.3) is 0 Å². The number of hydrogen-bond donors (Lipinski definition) is 1. The third-order valence-corrected chi connectivity index (χ3v) is 2.66. The average Bonchev–Trinajstić information content (AvgIpc) is 1.99. The fourth-order valence-corrected chi connectivity index (χ4v) is 1.89. The molecule has 2 nitrogen and oxygen atoms in total. The summed E-state index contributed by atoms with van der Waals surface area (Å²) >= 11 is 0. The van der Waals surface area contributed by atoms with Crippen molar-refractivity contribution in [3.05, 3.63) is 0 Å². The summed E-state index contributed by atoms with van der Waals surface area (Å²) in [6, 6.07) is 0.684. The summed E-state index contributed by atoms with van der Waals surface area (Å²) in [6.45, 7) is 7.68. The lowest BCUT2D eigenvalue weighted by Gasteiger charge is -2.31. The Morgan fingerprint density at radius 3 is 2.00 bits per heavy atom. The second kappa shape index (κ2) is 6.39. The van der Waals surface area contributed by atoms with Gasteiger partial charge in [-0.3, -0.25) is 0 Å². The van der Waals surface area contributed by atoms with Gasteiger partial charge in [0.25, 0.3) is 0 Å². The van der Waals surface area contributed by atoms with E-state index in [1.54, 1.807) is 0 Å². The van der Waals surface area contributed by atoms with Crippen LogP contribution in [0, 0.1) is 11.8 Å². The molecule has 0 rings (SSSR count). The number of nitrogens with zero attached hydrogens (tertiary/aromatic N) is 1. The SMILES string of the molecule is CC(C)CC(C(C)CCN)N(C)C. The Balaban J connectivity index is 4.07. The smallest absolute Gasteiger partial charge is 0.0118 e. The lowest BCUT2D eigenvalue weighted by atomic mass is 9.90. The van der Waals surface area contributed by atoms with Crippen molar-refractivity contribution in [1.82, 2.24) is 4.90 Å². The van der Waals surface area contributed by atoms with E-state index in [1.807, 2.05) is 0 Å². The maximum Gasteiger partial charge on any atom is 0.0118 e. The minimum atomic E-state index is 0.684. The van der Waals surface area contributed by atoms with Crippen molar-refractivity contribution in [3.63, 3.8) is 0 Å². The molecule has 0 aliphatic rings. The molecule has 0 aliphatic carbocycles. The highest BCUT2D eigenvalue weighted by atomic mass is 15.1. The van der Waals surface area contributed by atoms with Crippen molar-refractivity contribution in [1.29, 1.82) is 0 Å². The molecule has 0 radical (unpaired) electrons. The summed E-state index contributed by atoms with van der Waals surface area (Å²) in [4.78, 5) is 2.33. The fraction of sp³-hybridized carbons (Fsp3) is 1.00. The van der Waals surface area contributed by atoms with E-state index in [0.29, 0.717) is 12.0 Å². The highest BCUT2D eigenvalue weighted by molar-refractivity contribution is 4.74. The molecule has 0 saturated carbocycles. The van der Waals surface area contributed by atoms with Gasteiger partial charge in [-0.15, -0.1) is 0 Å². The van der Waals surface area contributed by atoms with Gasteiger partial charge in [0, 0.05) is 6.04 Å². The van der Waals surface area contributed by atoms with Gasteiger partial charge in [-0.25, -0.2) is 0 Å². The average molecular weight is 186 g/mol. The van der Waals surface area contributed by atoms with Crippen LogP contribution in [0.1, 0.15) is 33.6 Å². The molecule has 0 aromatic carbocycles. The van der Waals surface area contributed by atoms with Crippen molar-refractivity contribution in [2.75, 3.05) is 20.6 Å². The van der Waals surface area contributed by atoms with Gasteiger partial charge in [-0.05, 0) is 45.3 Å². The standard InChI is InChI=1S/C11H26N2/c1-9(2)8-11(13(4)5)10(3)6-7-12/h9-11H,6-8,12H2,1-5H3. The molecule has 80 valence electrons. The second-order valence-corrected chi connectivity index (χ2v) is 4.72. The summed E-state index contributed by atoms with van der Waals surface area (Å²) in [7, 11) is 4.33. The minimum Gasteiger partial charge on any atom is -0.330 e. The molecule has 0 bridgehead atoms. The Labute approximate surface area is 83.5 Å². The topological polar surface area (TPSA) is 29.3 Å². The molecule has 2 unspecified atom stereocenters. The summed E-state index contributed by atoms with van der Waals surface area (Å²) in [5, 5.41) is 0. The summed E-state index contributed by atoms with van der Waals surface area (Å²) in [6.07, 6.45) is 2.41. The lowest BCUT2D eigenvalue weighted by Crippen LogP contribution is -2.36. The van der Waals surface area contributed by atoms with Crippen LogP contribution in [0.5, 0.6) is 0 Å². The monoisotopic (exact) mass is 186 g/mol. The first kappa shape index (κ1) is 12.9. The quantitative estimate of drug-likeness (QED) is 0.687. The maximum atomic E-state index is 5.58. The van der Waals surface area contributed by atoms with Crippen molar-refractivity contribution in [3.8, 4) is 0 Å². The molecular formula is C11H26N2. The Hall–Kier alpha value is -0.0800. The van der Waals surface area contributed by atoms with Crippen molar-refractivity contribution < 1.29 is 0 Å². The van der Waals surface area contributed by atoms with Gasteiger partial charge < -0.3 is 10.6 Å². The molecular weight excluding hydrogens is 160 g/mol. The Morgan fingerprint density at radius 2 is 1.69 bits per heavy atom. The largest absolute Gasteiger partial charge is 0.330 e. The van der Waals surface area contributed by atoms with Gasteiger partial charge in [0.1, 0.15) is 0 Å². The molecule has 0 aromatic heterocycles. The third kappa shape index (κ3) is 5.27. The summed E-state index contributed by atoms with van der Waals surface area (Å²) in [5.74, 6) is 1.48. The molecule has 0 saturated heterocycles. The van der Waals surface area contributed by atoms with Crippen LogP contribution in [0.15, 0.2) is 0 Å². The van der Waals surface area contributed by atoms with Crippen molar-refractivity contribution >= 4 is 0 Å². The van der Waals surface area contributed by atoms with E-state index < -0.39 is 0 Å². The van der Waals surface area contributed by atoms with E-state index in [1.165, 1.54) is 6.42 Å². The molecule has 0 spiro atoms. The zero-order chi connectivity index (χ0) is 10.4. The normalized spacial score (nSPS) is 16.6. The highest BCUT2D eigenvalue weighted by Gasteiger charge is 2.19. The first-order valence-corrected chi connectivity index (χ1v) is 5.35. The molecule has 0 aliphatic heterocycles. The van der Waals surface area contributed by atoms with Gasteiger partial charge in [0.2, 0.25) is 0 Å². The van der Waals surface area contributed by atoms with Crippen LogP contribution < -0.4 is 5.73 Å². The zero-order valence-corrected chi connectivity index (χ0v) is 9.88. The van der Waals surface area contributed by atoms with Gasteiger partial charge in [0.15, 0.2) is 0 Å². The molecule has 2 atom stereocenters. The number of rotatable bonds is 6. The van der Waals surface area contributed by atoms with Crippen LogP contribution in [0.4, 0.5) is 0 Å². The van der Waals surface area contributed by atoms with Gasteiger partial charge >= 0.3 is 0 Å². The van der Waals surface area contributed by atoms with Crippen LogP contribution in [0.2, 0.25) is 0 Å². The molecule has 0 heterocycles. The lowest BCUT2D eigenvalue weighted by molar-refractivity contribution is 0.184. The third-order valence-electron chi connectivity index (χ3n) is 2.66. The highest BCUT2D eigenvalue weighted by Crippen LogP contribution is 2.19. The molecule has 0 amide bonds. The zero-order valence-electron chi connectivity index (χ0n) is 9.88. The Morgan fingerprint density at radius 1 is 1.15 bits per heavy atom. The van der Waals surface area contributed by atoms with E-state index in [0.717, 1.165) is 18.9 Å². The van der Waals surface area contributed by atoms with E-state index >= 15 is 0 Å².